The van der Waals surface area contributed by atoms with Gasteiger partial charge in [0.2, 0.25) is 0 Å². The van der Waals surface area contributed by atoms with Gasteiger partial charge in [0.05, 0.1) is 12.0 Å². The van der Waals surface area contributed by atoms with Gasteiger partial charge in [-0.1, -0.05) is 0 Å². The van der Waals surface area contributed by atoms with E-state index in [4.69, 9.17) is 4.74 Å². The van der Waals surface area contributed by atoms with Crippen LogP contribution in [-0.4, -0.2) is 37.2 Å². The van der Waals surface area contributed by atoms with Crippen LogP contribution >= 0.6 is 0 Å². The van der Waals surface area contributed by atoms with Crippen molar-refractivity contribution in [1.82, 2.24) is 5.32 Å². The van der Waals surface area contributed by atoms with Crippen LogP contribution in [0, 0.1) is 10.1 Å². The minimum absolute atomic E-state index is 0.0241. The minimum Gasteiger partial charge on any atom is -0.490 e. The molecule has 6 nitrogen and oxygen atoms in total. The Balaban J connectivity index is 1.86. The van der Waals surface area contributed by atoms with Gasteiger partial charge in [-0.05, 0) is 38.3 Å². The van der Waals surface area contributed by atoms with E-state index in [0.29, 0.717) is 17.8 Å². The van der Waals surface area contributed by atoms with Crippen LogP contribution in [-0.2, 0) is 0 Å². The van der Waals surface area contributed by atoms with Gasteiger partial charge in [0.25, 0.3) is 0 Å². The Morgan fingerprint density at radius 3 is 2.90 bits per heavy atom. The summed E-state index contributed by atoms with van der Waals surface area (Å²) in [7, 11) is 1.48. The molecule has 2 heterocycles. The van der Waals surface area contributed by atoms with Crippen LogP contribution in [0.4, 0.5) is 11.4 Å². The normalized spacial score (nSPS) is 25.3. The van der Waals surface area contributed by atoms with Crippen molar-refractivity contribution < 1.29 is 9.66 Å². The van der Waals surface area contributed by atoms with E-state index >= 15 is 0 Å². The van der Waals surface area contributed by atoms with Crippen molar-refractivity contribution in [3.8, 4) is 5.75 Å². The van der Waals surface area contributed by atoms with Crippen molar-refractivity contribution in [2.45, 2.75) is 37.8 Å². The molecule has 0 spiro atoms. The first kappa shape index (κ1) is 14.1. The number of nitrogens with zero attached hydrogens (tertiary/aromatic N) is 2. The van der Waals surface area contributed by atoms with Crippen LogP contribution in [0.2, 0.25) is 0 Å². The van der Waals surface area contributed by atoms with Crippen LogP contribution in [0.3, 0.4) is 0 Å². The molecule has 3 rings (SSSR count). The van der Waals surface area contributed by atoms with Crippen molar-refractivity contribution in [2.75, 3.05) is 25.1 Å². The van der Waals surface area contributed by atoms with Gasteiger partial charge in [-0.3, -0.25) is 10.1 Å². The quantitative estimate of drug-likeness (QED) is 0.681. The second-order valence-corrected chi connectivity index (χ2v) is 5.72. The van der Waals surface area contributed by atoms with E-state index in [9.17, 15) is 10.1 Å². The first-order valence-corrected chi connectivity index (χ1v) is 7.53. The van der Waals surface area contributed by atoms with Gasteiger partial charge in [0.1, 0.15) is 0 Å². The summed E-state index contributed by atoms with van der Waals surface area (Å²) >= 11 is 0. The summed E-state index contributed by atoms with van der Waals surface area (Å²) in [6.07, 6.45) is 4.79. The van der Waals surface area contributed by atoms with Crippen LogP contribution in [0.1, 0.15) is 25.7 Å². The lowest BCUT2D eigenvalue weighted by Crippen LogP contribution is -2.44. The lowest BCUT2D eigenvalue weighted by Gasteiger charge is -2.31. The largest absolute Gasteiger partial charge is 0.490 e. The van der Waals surface area contributed by atoms with E-state index in [1.54, 1.807) is 12.1 Å². The zero-order chi connectivity index (χ0) is 14.8. The molecule has 0 amide bonds. The smallest absolute Gasteiger partial charge is 0.311 e. The average Bonchev–Trinajstić information content (AvgIpc) is 3.16. The molecule has 1 aromatic rings. The fourth-order valence-corrected chi connectivity index (χ4v) is 3.57. The molecule has 2 fully saturated rings. The number of anilines is 1. The summed E-state index contributed by atoms with van der Waals surface area (Å²) in [4.78, 5) is 13.0. The Labute approximate surface area is 124 Å². The van der Waals surface area contributed by atoms with Gasteiger partial charge in [-0.15, -0.1) is 0 Å². The van der Waals surface area contributed by atoms with Crippen LogP contribution < -0.4 is 15.0 Å². The average molecular weight is 291 g/mol. The summed E-state index contributed by atoms with van der Waals surface area (Å²) in [5.74, 6) is 0.336. The Morgan fingerprint density at radius 1 is 1.38 bits per heavy atom. The SMILES string of the molecule is COc1cc(N2CCCC2C2CCCN2)ccc1[N+](=O)[O-]. The number of benzene rings is 1. The summed E-state index contributed by atoms with van der Waals surface area (Å²) in [5, 5.41) is 14.6. The Bertz CT molecular complexity index is 529. The maximum atomic E-state index is 11.0. The van der Waals surface area contributed by atoms with Gasteiger partial charge in [-0.2, -0.15) is 0 Å². The minimum atomic E-state index is -0.400. The van der Waals surface area contributed by atoms with Crippen LogP contribution in [0.15, 0.2) is 18.2 Å². The number of rotatable bonds is 4. The van der Waals surface area contributed by atoms with Crippen molar-refractivity contribution in [3.63, 3.8) is 0 Å². The Hall–Kier alpha value is -1.82. The van der Waals surface area contributed by atoms with Gasteiger partial charge >= 0.3 is 5.69 Å². The third-order valence-electron chi connectivity index (χ3n) is 4.55. The predicted molar refractivity (Wildman–Crippen MR) is 81.0 cm³/mol. The molecule has 21 heavy (non-hydrogen) atoms. The van der Waals surface area contributed by atoms with E-state index in [-0.39, 0.29) is 5.69 Å². The Morgan fingerprint density at radius 2 is 2.24 bits per heavy atom. The fourth-order valence-electron chi connectivity index (χ4n) is 3.57. The molecule has 0 bridgehead atoms. The van der Waals surface area contributed by atoms with Crippen molar-refractivity contribution in [2.24, 2.45) is 0 Å². The van der Waals surface area contributed by atoms with Crippen molar-refractivity contribution in [3.05, 3.63) is 28.3 Å². The molecule has 0 radical (unpaired) electrons. The Kier molecular flexibility index (Phi) is 3.96. The predicted octanol–water partition coefficient (Wildman–Crippen LogP) is 2.32. The lowest BCUT2D eigenvalue weighted by molar-refractivity contribution is -0.385. The van der Waals surface area contributed by atoms with E-state index in [1.807, 2.05) is 6.07 Å². The molecule has 2 saturated heterocycles. The summed E-state index contributed by atoms with van der Waals surface area (Å²) in [5.41, 5.74) is 1.05. The standard InChI is InChI=1S/C15H21N3O3/c1-21-15-10-11(6-7-14(15)18(19)20)17-9-3-5-13(17)12-4-2-8-16-12/h6-7,10,12-13,16H,2-5,8-9H2,1H3. The number of methoxy groups -OCH3 is 1. The third-order valence-corrected chi connectivity index (χ3v) is 4.55. The maximum Gasteiger partial charge on any atom is 0.311 e. The number of ether oxygens (including phenoxy) is 1. The van der Waals surface area contributed by atoms with Crippen LogP contribution in [0.25, 0.3) is 0 Å². The van der Waals surface area contributed by atoms with Gasteiger partial charge < -0.3 is 15.0 Å². The van der Waals surface area contributed by atoms with E-state index in [2.05, 4.69) is 10.2 Å². The summed E-state index contributed by atoms with van der Waals surface area (Å²) in [6, 6.07) is 6.21. The molecule has 0 saturated carbocycles. The number of nitro groups is 1. The number of hydrogen-bond acceptors (Lipinski definition) is 5. The molecule has 1 aromatic carbocycles. The molecular formula is C15H21N3O3. The molecule has 6 heteroatoms. The molecule has 1 N–H and O–H groups in total. The molecule has 0 aliphatic carbocycles. The number of nitrogens with one attached hydrogen (secondary N) is 1. The molecule has 114 valence electrons. The van der Waals surface area contributed by atoms with Crippen molar-refractivity contribution >= 4 is 11.4 Å². The van der Waals surface area contributed by atoms with E-state index in [1.165, 1.54) is 32.8 Å². The highest BCUT2D eigenvalue weighted by atomic mass is 16.6. The fraction of sp³-hybridized carbons (Fsp3) is 0.600. The van der Waals surface area contributed by atoms with Gasteiger partial charge in [-0.25, -0.2) is 0 Å². The molecular weight excluding hydrogens is 270 g/mol. The maximum absolute atomic E-state index is 11.0. The highest BCUT2D eigenvalue weighted by Gasteiger charge is 2.33. The van der Waals surface area contributed by atoms with Gasteiger partial charge in [0.15, 0.2) is 5.75 Å². The molecule has 2 atom stereocenters. The van der Waals surface area contributed by atoms with E-state index in [0.717, 1.165) is 18.8 Å². The zero-order valence-electron chi connectivity index (χ0n) is 12.2. The lowest BCUT2D eigenvalue weighted by atomic mass is 10.0. The molecule has 2 aliphatic heterocycles. The van der Waals surface area contributed by atoms with Crippen LogP contribution in [0.5, 0.6) is 5.75 Å². The van der Waals surface area contributed by atoms with Gasteiger partial charge in [0, 0.05) is 36.4 Å². The first-order chi connectivity index (χ1) is 10.2. The monoisotopic (exact) mass is 291 g/mol. The topological polar surface area (TPSA) is 67.6 Å². The summed E-state index contributed by atoms with van der Waals surface area (Å²) in [6.45, 7) is 2.10. The summed E-state index contributed by atoms with van der Waals surface area (Å²) < 4.78 is 5.18. The zero-order valence-corrected chi connectivity index (χ0v) is 12.2. The first-order valence-electron chi connectivity index (χ1n) is 7.53. The third kappa shape index (κ3) is 2.68. The highest BCUT2D eigenvalue weighted by Crippen LogP contribution is 2.35. The molecule has 2 aliphatic rings. The number of nitro benzene ring substituents is 1. The molecule has 2 unspecified atom stereocenters. The number of hydrogen-bond donors (Lipinski definition) is 1. The highest BCUT2D eigenvalue weighted by molar-refractivity contribution is 5.60. The van der Waals surface area contributed by atoms with E-state index < -0.39 is 4.92 Å². The molecule has 0 aromatic heterocycles. The van der Waals surface area contributed by atoms with Crippen molar-refractivity contribution in [1.29, 1.82) is 0 Å². The second-order valence-electron chi connectivity index (χ2n) is 5.72. The second kappa shape index (κ2) is 5.89.